The minimum absolute atomic E-state index is 0. The molecular weight excluding hydrogens is 152 g/mol. The van der Waals surface area contributed by atoms with E-state index in [2.05, 4.69) is 0 Å². The van der Waals surface area contributed by atoms with E-state index in [1.54, 1.807) is 0 Å². The number of rotatable bonds is 0. The molecule has 9 heavy (non-hydrogen) atoms. The molecule has 46 valence electrons. The summed E-state index contributed by atoms with van der Waals surface area (Å²) in [4.78, 5) is 20.7. The van der Waals surface area contributed by atoms with Crippen LogP contribution in [0.15, 0.2) is 0 Å². The Bertz CT molecular complexity index is 138. The molecule has 0 aromatic heterocycles. The molecule has 5 heteroatoms. The minimum atomic E-state index is -0.295. The topological polar surface area (TPSA) is 37.4 Å². The van der Waals surface area contributed by atoms with Crippen molar-refractivity contribution >= 4 is 23.6 Å². The van der Waals surface area contributed by atoms with Gasteiger partial charge >= 0.3 is 29.6 Å². The number of carbonyl (C=O) groups excluding carboxylic acids is 2. The summed E-state index contributed by atoms with van der Waals surface area (Å²) in [6.45, 7) is 0. The van der Waals surface area contributed by atoms with Crippen molar-refractivity contribution in [2.75, 3.05) is 0 Å². The average molecular weight is 158 g/mol. The van der Waals surface area contributed by atoms with Crippen LogP contribution < -0.4 is 29.6 Å². The molecular formula is C4H5ClNNaO2. The van der Waals surface area contributed by atoms with E-state index in [4.69, 9.17) is 11.8 Å². The van der Waals surface area contributed by atoms with Crippen molar-refractivity contribution in [2.24, 2.45) is 0 Å². The van der Waals surface area contributed by atoms with Crippen LogP contribution >= 0.6 is 11.8 Å². The van der Waals surface area contributed by atoms with Crippen LogP contribution in [-0.2, 0) is 9.59 Å². The van der Waals surface area contributed by atoms with Crippen LogP contribution in [0, 0.1) is 0 Å². The van der Waals surface area contributed by atoms with Gasteiger partial charge in [-0.2, -0.15) is 4.42 Å². The molecule has 0 aromatic rings. The molecule has 0 radical (unpaired) electrons. The van der Waals surface area contributed by atoms with E-state index in [-0.39, 0.29) is 55.6 Å². The van der Waals surface area contributed by atoms with Gasteiger partial charge in [0.2, 0.25) is 11.8 Å². The first kappa shape index (κ1) is 9.43. The number of nitrogens with zero attached hydrogens (tertiary/aromatic N) is 1. The molecule has 3 nitrogen and oxygen atoms in total. The fourth-order valence-electron chi connectivity index (χ4n) is 0.549. The van der Waals surface area contributed by atoms with Gasteiger partial charge < -0.3 is 1.43 Å². The van der Waals surface area contributed by atoms with Crippen molar-refractivity contribution < 1.29 is 40.6 Å². The normalized spacial score (nSPS) is 18.1. The Labute approximate surface area is 81.2 Å². The third kappa shape index (κ3) is 1.93. The summed E-state index contributed by atoms with van der Waals surface area (Å²) in [5.41, 5.74) is 0. The van der Waals surface area contributed by atoms with Crippen molar-refractivity contribution in [2.45, 2.75) is 12.8 Å². The Balaban J connectivity index is 0. The van der Waals surface area contributed by atoms with Crippen LogP contribution in [0.2, 0.25) is 0 Å². The van der Waals surface area contributed by atoms with Crippen molar-refractivity contribution in [3.8, 4) is 0 Å². The second-order valence-electron chi connectivity index (χ2n) is 1.57. The van der Waals surface area contributed by atoms with E-state index in [0.717, 1.165) is 0 Å². The first-order valence-corrected chi connectivity index (χ1v) is 2.57. The Hall–Kier alpha value is 0.430. The SMILES string of the molecule is O=C1CCC(=O)N1Cl.[H-].[Na+]. The summed E-state index contributed by atoms with van der Waals surface area (Å²) in [6, 6.07) is 0. The first-order chi connectivity index (χ1) is 3.72. The average Bonchev–Trinajstić information content (AvgIpc) is 1.98. The number of halogens is 1. The third-order valence-electron chi connectivity index (χ3n) is 0.991. The molecule has 1 fully saturated rings. The largest absolute Gasteiger partial charge is 1.00 e. The summed E-state index contributed by atoms with van der Waals surface area (Å²) in [6.07, 6.45) is 0.532. The first-order valence-electron chi connectivity index (χ1n) is 2.23. The molecule has 0 saturated carbocycles. The van der Waals surface area contributed by atoms with Gasteiger partial charge in [-0.05, 0) is 0 Å². The van der Waals surface area contributed by atoms with Gasteiger partial charge in [0.1, 0.15) is 0 Å². The molecule has 0 aromatic carbocycles. The Kier molecular flexibility index (Phi) is 3.73. The summed E-state index contributed by atoms with van der Waals surface area (Å²) in [5, 5.41) is 0. The number of carbonyl (C=O) groups is 2. The maximum atomic E-state index is 10.4. The summed E-state index contributed by atoms with van der Waals surface area (Å²) in [5.74, 6) is -0.590. The number of hydrogen-bond donors (Lipinski definition) is 0. The minimum Gasteiger partial charge on any atom is -1.00 e. The monoisotopic (exact) mass is 157 g/mol. The number of imide groups is 1. The molecule has 1 saturated heterocycles. The van der Waals surface area contributed by atoms with Crippen molar-refractivity contribution in [1.82, 2.24) is 4.42 Å². The van der Waals surface area contributed by atoms with Gasteiger partial charge in [-0.1, -0.05) is 0 Å². The second kappa shape index (κ2) is 3.56. The molecule has 0 aliphatic carbocycles. The summed E-state index contributed by atoms with van der Waals surface area (Å²) >= 11 is 5.15. The molecule has 0 unspecified atom stereocenters. The van der Waals surface area contributed by atoms with Crippen LogP contribution in [-0.4, -0.2) is 16.2 Å². The molecule has 1 aliphatic rings. The quantitative estimate of drug-likeness (QED) is 0.220. The van der Waals surface area contributed by atoms with Gasteiger partial charge in [-0.3, -0.25) is 9.59 Å². The Morgan fingerprint density at radius 1 is 1.33 bits per heavy atom. The van der Waals surface area contributed by atoms with Gasteiger partial charge in [0.15, 0.2) is 0 Å². The maximum Gasteiger partial charge on any atom is 1.00 e. The van der Waals surface area contributed by atoms with Crippen LogP contribution in [0.25, 0.3) is 0 Å². The second-order valence-corrected chi connectivity index (χ2v) is 1.91. The molecule has 1 aliphatic heterocycles. The van der Waals surface area contributed by atoms with Crippen LogP contribution in [0.1, 0.15) is 14.3 Å². The molecule has 0 spiro atoms. The van der Waals surface area contributed by atoms with E-state index < -0.39 is 0 Å². The van der Waals surface area contributed by atoms with Crippen molar-refractivity contribution in [3.05, 3.63) is 0 Å². The van der Waals surface area contributed by atoms with Gasteiger partial charge in [-0.25, -0.2) is 0 Å². The van der Waals surface area contributed by atoms with Crippen molar-refractivity contribution in [1.29, 1.82) is 0 Å². The Morgan fingerprint density at radius 2 is 1.67 bits per heavy atom. The molecule has 1 rings (SSSR count). The van der Waals surface area contributed by atoms with Gasteiger partial charge in [0, 0.05) is 24.6 Å². The molecule has 1 heterocycles. The molecule has 2 amide bonds. The molecule has 0 N–H and O–H groups in total. The predicted octanol–water partition coefficient (Wildman–Crippen LogP) is -2.59. The van der Waals surface area contributed by atoms with E-state index in [9.17, 15) is 9.59 Å². The van der Waals surface area contributed by atoms with Crippen molar-refractivity contribution in [3.63, 3.8) is 0 Å². The summed E-state index contributed by atoms with van der Waals surface area (Å²) < 4.78 is 0.639. The number of amides is 2. The fourth-order valence-corrected chi connectivity index (χ4v) is 0.718. The molecule has 0 bridgehead atoms. The van der Waals surface area contributed by atoms with Crippen LogP contribution in [0.5, 0.6) is 0 Å². The maximum absolute atomic E-state index is 10.4. The smallest absolute Gasteiger partial charge is 1.00 e. The fraction of sp³-hybridized carbons (Fsp3) is 0.500. The Morgan fingerprint density at radius 3 is 1.78 bits per heavy atom. The predicted molar refractivity (Wildman–Crippen MR) is 28.1 cm³/mol. The van der Waals surface area contributed by atoms with E-state index in [1.807, 2.05) is 0 Å². The number of hydrogen-bond acceptors (Lipinski definition) is 2. The zero-order valence-electron chi connectivity index (χ0n) is 6.06. The summed E-state index contributed by atoms with van der Waals surface area (Å²) in [7, 11) is 0. The van der Waals surface area contributed by atoms with Gasteiger partial charge in [0.05, 0.1) is 0 Å². The van der Waals surface area contributed by atoms with Crippen LogP contribution in [0.3, 0.4) is 0 Å². The zero-order valence-corrected chi connectivity index (χ0v) is 7.81. The van der Waals surface area contributed by atoms with Gasteiger partial charge in [0.25, 0.3) is 0 Å². The standard InChI is InChI=1S/C4H4ClNO2.Na.H/c5-6-3(7)1-2-4(6)8;;/h1-2H2;;/q;+1;-1. The van der Waals surface area contributed by atoms with Crippen LogP contribution in [0.4, 0.5) is 0 Å². The zero-order chi connectivity index (χ0) is 6.15. The van der Waals surface area contributed by atoms with E-state index >= 15 is 0 Å². The molecule has 0 atom stereocenters. The van der Waals surface area contributed by atoms with Gasteiger partial charge in [-0.15, -0.1) is 0 Å². The van der Waals surface area contributed by atoms with E-state index in [0.29, 0.717) is 4.42 Å². The van der Waals surface area contributed by atoms with E-state index in [1.165, 1.54) is 0 Å². The third-order valence-corrected chi connectivity index (χ3v) is 1.37.